The van der Waals surface area contributed by atoms with E-state index in [0.717, 1.165) is 31.5 Å². The average Bonchev–Trinajstić information content (AvgIpc) is 2.78. The van der Waals surface area contributed by atoms with Gasteiger partial charge in [0.2, 0.25) is 5.91 Å². The number of hydrogen-bond donors (Lipinski definition) is 2. The van der Waals surface area contributed by atoms with Gasteiger partial charge in [0.05, 0.1) is 0 Å². The molecule has 4 nitrogen and oxygen atoms in total. The molecule has 2 saturated heterocycles. The van der Waals surface area contributed by atoms with Gasteiger partial charge in [0.25, 0.3) is 0 Å². The first-order valence-corrected chi connectivity index (χ1v) is 7.60. The van der Waals surface area contributed by atoms with Crippen molar-refractivity contribution in [1.82, 2.24) is 4.90 Å². The number of nitrogens with one attached hydrogen (secondary N) is 1. The van der Waals surface area contributed by atoms with Gasteiger partial charge in [-0.15, -0.1) is 0 Å². The molecule has 0 saturated carbocycles. The maximum Gasteiger partial charge on any atom is 0.244 e. The molecule has 1 aromatic carbocycles. The van der Waals surface area contributed by atoms with Gasteiger partial charge < -0.3 is 11.1 Å². The Bertz CT molecular complexity index is 542. The number of halogens is 1. The van der Waals surface area contributed by atoms with Gasteiger partial charge >= 0.3 is 0 Å². The zero-order valence-corrected chi connectivity index (χ0v) is 12.4. The SMILES string of the molecule is Cc1cc(F)cc(NC2(C(N)=O)CCN3CCCCC32)c1. The molecule has 2 unspecified atom stereocenters. The first-order chi connectivity index (χ1) is 10.0. The van der Waals surface area contributed by atoms with Crippen LogP contribution in [0.4, 0.5) is 10.1 Å². The van der Waals surface area contributed by atoms with E-state index < -0.39 is 5.54 Å². The first kappa shape index (κ1) is 14.3. The number of amides is 1. The second kappa shape index (κ2) is 5.30. The van der Waals surface area contributed by atoms with Crippen LogP contribution in [0, 0.1) is 12.7 Å². The van der Waals surface area contributed by atoms with E-state index in [1.165, 1.54) is 18.6 Å². The van der Waals surface area contributed by atoms with Gasteiger partial charge in [0.1, 0.15) is 11.4 Å². The Morgan fingerprint density at radius 2 is 2.19 bits per heavy atom. The maximum absolute atomic E-state index is 13.6. The molecular formula is C16H22FN3O. The van der Waals surface area contributed by atoms with Crippen LogP contribution in [0.3, 0.4) is 0 Å². The Labute approximate surface area is 124 Å². The molecule has 1 amide bonds. The van der Waals surface area contributed by atoms with Crippen LogP contribution in [0.25, 0.3) is 0 Å². The second-order valence-electron chi connectivity index (χ2n) is 6.28. The number of fused-ring (bicyclic) bond motifs is 1. The van der Waals surface area contributed by atoms with E-state index in [2.05, 4.69) is 10.2 Å². The summed E-state index contributed by atoms with van der Waals surface area (Å²) in [6, 6.07) is 4.89. The van der Waals surface area contributed by atoms with Gasteiger partial charge in [-0.1, -0.05) is 6.42 Å². The molecule has 0 spiro atoms. The molecule has 5 heteroatoms. The predicted molar refractivity (Wildman–Crippen MR) is 80.5 cm³/mol. The summed E-state index contributed by atoms with van der Waals surface area (Å²) in [6.45, 7) is 3.73. The topological polar surface area (TPSA) is 58.4 Å². The summed E-state index contributed by atoms with van der Waals surface area (Å²) < 4.78 is 13.6. The minimum atomic E-state index is -0.777. The largest absolute Gasteiger partial charge is 0.370 e. The summed E-state index contributed by atoms with van der Waals surface area (Å²) >= 11 is 0. The third-order valence-electron chi connectivity index (χ3n) is 4.83. The zero-order chi connectivity index (χ0) is 15.0. The Balaban J connectivity index is 1.93. The van der Waals surface area contributed by atoms with Crippen molar-refractivity contribution in [2.45, 2.75) is 44.2 Å². The lowest BCUT2D eigenvalue weighted by molar-refractivity contribution is -0.123. The van der Waals surface area contributed by atoms with Crippen LogP contribution in [-0.4, -0.2) is 35.5 Å². The van der Waals surface area contributed by atoms with Crippen molar-refractivity contribution in [3.63, 3.8) is 0 Å². The van der Waals surface area contributed by atoms with Crippen molar-refractivity contribution in [3.8, 4) is 0 Å². The number of anilines is 1. The summed E-state index contributed by atoms with van der Waals surface area (Å²) in [5.41, 5.74) is 6.43. The molecular weight excluding hydrogens is 269 g/mol. The molecule has 0 aromatic heterocycles. The number of hydrogen-bond acceptors (Lipinski definition) is 3. The average molecular weight is 291 g/mol. The van der Waals surface area contributed by atoms with E-state index in [9.17, 15) is 9.18 Å². The van der Waals surface area contributed by atoms with Crippen molar-refractivity contribution in [2.24, 2.45) is 5.73 Å². The highest BCUT2D eigenvalue weighted by molar-refractivity contribution is 5.89. The van der Waals surface area contributed by atoms with Crippen LogP contribution in [0.2, 0.25) is 0 Å². The lowest BCUT2D eigenvalue weighted by atomic mass is 9.84. The number of carbonyl (C=O) groups excluding carboxylic acids is 1. The number of benzene rings is 1. The second-order valence-corrected chi connectivity index (χ2v) is 6.28. The Hall–Kier alpha value is -1.62. The van der Waals surface area contributed by atoms with E-state index in [-0.39, 0.29) is 17.8 Å². The Kier molecular flexibility index (Phi) is 3.61. The number of piperidine rings is 1. The van der Waals surface area contributed by atoms with Crippen LogP contribution in [0.1, 0.15) is 31.2 Å². The third kappa shape index (κ3) is 2.50. The Morgan fingerprint density at radius 1 is 1.38 bits per heavy atom. The van der Waals surface area contributed by atoms with Gasteiger partial charge in [-0.3, -0.25) is 9.69 Å². The molecule has 3 N–H and O–H groups in total. The third-order valence-corrected chi connectivity index (χ3v) is 4.83. The molecule has 0 bridgehead atoms. The van der Waals surface area contributed by atoms with Gasteiger partial charge in [0, 0.05) is 18.3 Å². The number of rotatable bonds is 3. The van der Waals surface area contributed by atoms with E-state index in [1.807, 2.05) is 13.0 Å². The van der Waals surface area contributed by atoms with E-state index in [0.29, 0.717) is 12.1 Å². The molecule has 2 fully saturated rings. The first-order valence-electron chi connectivity index (χ1n) is 7.60. The molecule has 21 heavy (non-hydrogen) atoms. The van der Waals surface area contributed by atoms with Gasteiger partial charge in [-0.05, 0) is 56.5 Å². The molecule has 2 heterocycles. The molecule has 0 aliphatic carbocycles. The summed E-state index contributed by atoms with van der Waals surface area (Å²) in [4.78, 5) is 14.5. The maximum atomic E-state index is 13.6. The van der Waals surface area contributed by atoms with Crippen molar-refractivity contribution >= 4 is 11.6 Å². The zero-order valence-electron chi connectivity index (χ0n) is 12.4. The Morgan fingerprint density at radius 3 is 2.90 bits per heavy atom. The van der Waals surface area contributed by atoms with E-state index in [4.69, 9.17) is 5.73 Å². The van der Waals surface area contributed by atoms with Gasteiger partial charge in [-0.2, -0.15) is 0 Å². The normalized spacial score (nSPS) is 29.1. The van der Waals surface area contributed by atoms with E-state index >= 15 is 0 Å². The minimum Gasteiger partial charge on any atom is -0.370 e. The van der Waals surface area contributed by atoms with Crippen LogP contribution >= 0.6 is 0 Å². The van der Waals surface area contributed by atoms with Crippen LogP contribution < -0.4 is 11.1 Å². The number of primary amides is 1. The number of carbonyl (C=O) groups is 1. The van der Waals surface area contributed by atoms with Gasteiger partial charge in [0.15, 0.2) is 0 Å². The monoisotopic (exact) mass is 291 g/mol. The lowest BCUT2D eigenvalue weighted by Gasteiger charge is -2.39. The minimum absolute atomic E-state index is 0.118. The highest BCUT2D eigenvalue weighted by Gasteiger charge is 2.52. The fourth-order valence-electron chi connectivity index (χ4n) is 3.86. The lowest BCUT2D eigenvalue weighted by Crippen LogP contribution is -2.59. The number of aryl methyl sites for hydroxylation is 1. The van der Waals surface area contributed by atoms with Gasteiger partial charge in [-0.25, -0.2) is 4.39 Å². The molecule has 2 atom stereocenters. The summed E-state index contributed by atoms with van der Waals surface area (Å²) in [5, 5.41) is 3.28. The van der Waals surface area contributed by atoms with Crippen LogP contribution in [-0.2, 0) is 4.79 Å². The summed E-state index contributed by atoms with van der Waals surface area (Å²) in [7, 11) is 0. The molecule has 2 aliphatic heterocycles. The predicted octanol–water partition coefficient (Wildman–Crippen LogP) is 2.03. The van der Waals surface area contributed by atoms with Crippen molar-refractivity contribution < 1.29 is 9.18 Å². The highest BCUT2D eigenvalue weighted by atomic mass is 19.1. The quantitative estimate of drug-likeness (QED) is 0.896. The molecule has 3 rings (SSSR count). The molecule has 114 valence electrons. The summed E-state index contributed by atoms with van der Waals surface area (Å²) in [6.07, 6.45) is 3.93. The number of nitrogens with zero attached hydrogens (tertiary/aromatic N) is 1. The van der Waals surface area contributed by atoms with Crippen molar-refractivity contribution in [2.75, 3.05) is 18.4 Å². The fourth-order valence-corrected chi connectivity index (χ4v) is 3.86. The fraction of sp³-hybridized carbons (Fsp3) is 0.562. The number of nitrogens with two attached hydrogens (primary N) is 1. The van der Waals surface area contributed by atoms with Crippen LogP contribution in [0.15, 0.2) is 18.2 Å². The van der Waals surface area contributed by atoms with Crippen molar-refractivity contribution in [1.29, 1.82) is 0 Å². The highest BCUT2D eigenvalue weighted by Crippen LogP contribution is 2.37. The standard InChI is InChI=1S/C16H22FN3O/c1-11-8-12(17)10-13(9-11)19-16(15(18)21)5-7-20-6-3-2-4-14(16)20/h8-10,14,19H,2-7H2,1H3,(H2,18,21). The molecule has 0 radical (unpaired) electrons. The molecule has 2 aliphatic rings. The van der Waals surface area contributed by atoms with Crippen molar-refractivity contribution in [3.05, 3.63) is 29.6 Å². The molecule has 1 aromatic rings. The van der Waals surface area contributed by atoms with E-state index in [1.54, 1.807) is 0 Å². The summed E-state index contributed by atoms with van der Waals surface area (Å²) in [5.74, 6) is -0.630. The van der Waals surface area contributed by atoms with Crippen LogP contribution in [0.5, 0.6) is 0 Å². The smallest absolute Gasteiger partial charge is 0.244 e.